The molecule has 2 rings (SSSR count). The van der Waals surface area contributed by atoms with Crippen LogP contribution in [0.1, 0.15) is 25.6 Å². The normalized spacial score (nSPS) is 11.2. The van der Waals surface area contributed by atoms with E-state index in [-0.39, 0.29) is 18.3 Å². The molecule has 0 N–H and O–H groups in total. The smallest absolute Gasteiger partial charge is 0.350 e. The highest BCUT2D eigenvalue weighted by atomic mass is 19.1. The molecule has 0 aliphatic carbocycles. The van der Waals surface area contributed by atoms with Gasteiger partial charge < -0.3 is 14.0 Å². The number of ether oxygens (including phenoxy) is 2. The molecule has 0 atom stereocenters. The van der Waals surface area contributed by atoms with Crippen molar-refractivity contribution in [1.29, 1.82) is 0 Å². The van der Waals surface area contributed by atoms with Gasteiger partial charge in [-0.2, -0.15) is 4.98 Å². The largest absolute Gasteiger partial charge is 0.476 e. The van der Waals surface area contributed by atoms with Gasteiger partial charge in [-0.05, 0) is 45.0 Å². The number of hydrogen-bond acceptors (Lipinski definition) is 6. The molecule has 0 saturated heterocycles. The molecule has 7 heteroatoms. The van der Waals surface area contributed by atoms with E-state index in [2.05, 4.69) is 10.1 Å². The van der Waals surface area contributed by atoms with Crippen LogP contribution in [0.15, 0.2) is 28.8 Å². The first kappa shape index (κ1) is 15.0. The number of benzene rings is 1. The van der Waals surface area contributed by atoms with Crippen molar-refractivity contribution in [3.8, 4) is 5.75 Å². The summed E-state index contributed by atoms with van der Waals surface area (Å²) in [6.07, 6.45) is 0. The molecule has 0 saturated carbocycles. The van der Waals surface area contributed by atoms with Gasteiger partial charge in [0.25, 0.3) is 5.89 Å². The van der Waals surface area contributed by atoms with E-state index in [0.717, 1.165) is 0 Å². The molecule has 21 heavy (non-hydrogen) atoms. The molecule has 1 heterocycles. The molecule has 0 radical (unpaired) electrons. The maximum Gasteiger partial charge on any atom is 0.350 e. The third kappa shape index (κ3) is 4.01. The third-order valence-corrected chi connectivity index (χ3v) is 2.57. The first-order valence-corrected chi connectivity index (χ1v) is 6.28. The number of carbonyl (C=O) groups excluding carboxylic acids is 1. The lowest BCUT2D eigenvalue weighted by molar-refractivity contribution is -0.161. The molecular formula is C14H15FN2O4. The van der Waals surface area contributed by atoms with Gasteiger partial charge in [-0.25, -0.2) is 9.18 Å². The van der Waals surface area contributed by atoms with Crippen molar-refractivity contribution in [3.63, 3.8) is 0 Å². The highest BCUT2D eigenvalue weighted by Gasteiger charge is 2.32. The number of carbonyl (C=O) groups is 1. The van der Waals surface area contributed by atoms with Crippen LogP contribution in [0.4, 0.5) is 4.39 Å². The van der Waals surface area contributed by atoms with Gasteiger partial charge in [0.15, 0.2) is 18.0 Å². The average Bonchev–Trinajstić information content (AvgIpc) is 2.84. The van der Waals surface area contributed by atoms with Crippen LogP contribution in [0.5, 0.6) is 5.75 Å². The van der Waals surface area contributed by atoms with Crippen LogP contribution in [0, 0.1) is 12.7 Å². The monoisotopic (exact) mass is 294 g/mol. The van der Waals surface area contributed by atoms with E-state index in [1.54, 1.807) is 20.8 Å². The number of rotatable bonds is 5. The highest BCUT2D eigenvalue weighted by Crippen LogP contribution is 2.20. The highest BCUT2D eigenvalue weighted by molar-refractivity contribution is 5.79. The second-order valence-electron chi connectivity index (χ2n) is 4.88. The summed E-state index contributed by atoms with van der Waals surface area (Å²) in [6, 6.07) is 5.37. The van der Waals surface area contributed by atoms with Crippen molar-refractivity contribution < 1.29 is 23.2 Å². The SMILES string of the molecule is Cc1noc(COC(=O)C(C)(C)Oc2ccc(F)cc2)n1. The van der Waals surface area contributed by atoms with Gasteiger partial charge in [0.05, 0.1) is 0 Å². The molecule has 1 aromatic carbocycles. The summed E-state index contributed by atoms with van der Waals surface area (Å²) in [7, 11) is 0. The topological polar surface area (TPSA) is 74.5 Å². The molecule has 1 aromatic heterocycles. The Morgan fingerprint density at radius 1 is 1.33 bits per heavy atom. The zero-order valence-corrected chi connectivity index (χ0v) is 11.9. The Kier molecular flexibility index (Phi) is 4.21. The van der Waals surface area contributed by atoms with Crippen LogP contribution in [0.2, 0.25) is 0 Å². The van der Waals surface area contributed by atoms with Crippen molar-refractivity contribution in [3.05, 3.63) is 41.8 Å². The molecule has 0 fully saturated rings. The molecule has 0 aliphatic rings. The standard InChI is InChI=1S/C14H15FN2O4/c1-9-16-12(21-17-9)8-19-13(18)14(2,3)20-11-6-4-10(15)5-7-11/h4-7H,8H2,1-3H3. The molecule has 0 amide bonds. The van der Waals surface area contributed by atoms with Crippen LogP contribution < -0.4 is 4.74 Å². The van der Waals surface area contributed by atoms with Gasteiger partial charge in [0.1, 0.15) is 11.6 Å². The van der Waals surface area contributed by atoms with Crippen LogP contribution in [0.25, 0.3) is 0 Å². The van der Waals surface area contributed by atoms with Gasteiger partial charge >= 0.3 is 5.97 Å². The van der Waals surface area contributed by atoms with E-state index in [1.807, 2.05) is 0 Å². The first-order valence-electron chi connectivity index (χ1n) is 6.28. The molecule has 0 aliphatic heterocycles. The zero-order chi connectivity index (χ0) is 15.5. The molecule has 0 unspecified atom stereocenters. The summed E-state index contributed by atoms with van der Waals surface area (Å²) in [5.74, 6) is 0.0606. The predicted octanol–water partition coefficient (Wildman–Crippen LogP) is 2.42. The second kappa shape index (κ2) is 5.90. The van der Waals surface area contributed by atoms with E-state index in [1.165, 1.54) is 24.3 Å². The quantitative estimate of drug-likeness (QED) is 0.788. The molecule has 112 valence electrons. The zero-order valence-electron chi connectivity index (χ0n) is 11.9. The maximum absolute atomic E-state index is 12.8. The van der Waals surface area contributed by atoms with Crippen molar-refractivity contribution in [2.24, 2.45) is 0 Å². The second-order valence-corrected chi connectivity index (χ2v) is 4.88. The van der Waals surface area contributed by atoms with Crippen LogP contribution in [-0.4, -0.2) is 21.7 Å². The van der Waals surface area contributed by atoms with Gasteiger partial charge in [0.2, 0.25) is 0 Å². The van der Waals surface area contributed by atoms with E-state index in [9.17, 15) is 9.18 Å². The van der Waals surface area contributed by atoms with E-state index >= 15 is 0 Å². The Bertz CT molecular complexity index is 622. The van der Waals surface area contributed by atoms with Gasteiger partial charge in [-0.15, -0.1) is 0 Å². The van der Waals surface area contributed by atoms with Gasteiger partial charge in [-0.3, -0.25) is 0 Å². The van der Waals surface area contributed by atoms with Crippen LogP contribution in [-0.2, 0) is 16.1 Å². The van der Waals surface area contributed by atoms with Crippen LogP contribution in [0.3, 0.4) is 0 Å². The summed E-state index contributed by atoms with van der Waals surface area (Å²) in [5.41, 5.74) is -1.23. The average molecular weight is 294 g/mol. The number of nitrogens with zero attached hydrogens (tertiary/aromatic N) is 2. The number of aromatic nitrogens is 2. The Morgan fingerprint density at radius 2 is 2.00 bits per heavy atom. The summed E-state index contributed by atoms with van der Waals surface area (Å²) in [6.45, 7) is 4.64. The first-order chi connectivity index (χ1) is 9.87. The van der Waals surface area contributed by atoms with Gasteiger partial charge in [-0.1, -0.05) is 5.16 Å². The third-order valence-electron chi connectivity index (χ3n) is 2.57. The molecular weight excluding hydrogens is 279 g/mol. The lowest BCUT2D eigenvalue weighted by atomic mass is 10.1. The van der Waals surface area contributed by atoms with Crippen molar-refractivity contribution in [2.75, 3.05) is 0 Å². The Labute approximate surface area is 120 Å². The van der Waals surface area contributed by atoms with Gasteiger partial charge in [0, 0.05) is 0 Å². The fourth-order valence-electron chi connectivity index (χ4n) is 1.54. The molecule has 0 spiro atoms. The summed E-state index contributed by atoms with van der Waals surface area (Å²) >= 11 is 0. The molecule has 2 aromatic rings. The lowest BCUT2D eigenvalue weighted by Gasteiger charge is -2.23. The Hall–Kier alpha value is -2.44. The minimum atomic E-state index is -1.23. The number of halogens is 1. The lowest BCUT2D eigenvalue weighted by Crippen LogP contribution is -2.39. The predicted molar refractivity (Wildman–Crippen MR) is 69.9 cm³/mol. The van der Waals surface area contributed by atoms with Crippen molar-refractivity contribution in [1.82, 2.24) is 10.1 Å². The minimum absolute atomic E-state index is 0.129. The summed E-state index contributed by atoms with van der Waals surface area (Å²) < 4.78 is 28.2. The number of aryl methyl sites for hydroxylation is 1. The van der Waals surface area contributed by atoms with E-state index in [4.69, 9.17) is 14.0 Å². The van der Waals surface area contributed by atoms with Crippen molar-refractivity contribution >= 4 is 5.97 Å². The fourth-order valence-corrected chi connectivity index (χ4v) is 1.54. The van der Waals surface area contributed by atoms with Crippen LogP contribution >= 0.6 is 0 Å². The minimum Gasteiger partial charge on any atom is -0.476 e. The molecule has 0 bridgehead atoms. The number of esters is 1. The summed E-state index contributed by atoms with van der Waals surface area (Å²) in [4.78, 5) is 15.9. The Morgan fingerprint density at radius 3 is 2.57 bits per heavy atom. The van der Waals surface area contributed by atoms with Crippen molar-refractivity contribution in [2.45, 2.75) is 33.0 Å². The molecule has 6 nitrogen and oxygen atoms in total. The maximum atomic E-state index is 12.8. The van der Waals surface area contributed by atoms with E-state index < -0.39 is 11.6 Å². The fraction of sp³-hybridized carbons (Fsp3) is 0.357. The summed E-state index contributed by atoms with van der Waals surface area (Å²) in [5, 5.41) is 3.59. The number of hydrogen-bond donors (Lipinski definition) is 0. The Balaban J connectivity index is 1.94. The van der Waals surface area contributed by atoms with E-state index in [0.29, 0.717) is 11.6 Å².